The van der Waals surface area contributed by atoms with Crippen molar-refractivity contribution in [3.63, 3.8) is 0 Å². The van der Waals surface area contributed by atoms with E-state index in [0.717, 1.165) is 36.2 Å². The van der Waals surface area contributed by atoms with Crippen LogP contribution in [0.25, 0.3) is 0 Å². The first-order valence-corrected chi connectivity index (χ1v) is 12.1. The Hall–Kier alpha value is -2.12. The van der Waals surface area contributed by atoms with Crippen LogP contribution in [0.3, 0.4) is 0 Å². The van der Waals surface area contributed by atoms with Crippen LogP contribution < -0.4 is 5.32 Å². The maximum Gasteiger partial charge on any atom is 0.306 e. The number of likely N-dealkylation sites (tertiary alicyclic amines) is 1. The van der Waals surface area contributed by atoms with Crippen molar-refractivity contribution < 1.29 is 9.90 Å². The molecule has 3 heterocycles. The summed E-state index contributed by atoms with van der Waals surface area (Å²) < 4.78 is 0. The molecule has 2 aromatic rings. The molecule has 31 heavy (non-hydrogen) atoms. The van der Waals surface area contributed by atoms with E-state index in [4.69, 9.17) is 0 Å². The summed E-state index contributed by atoms with van der Waals surface area (Å²) in [5.41, 5.74) is 2.37. The predicted octanol–water partition coefficient (Wildman–Crippen LogP) is 4.75. The van der Waals surface area contributed by atoms with Crippen LogP contribution in [0.5, 0.6) is 0 Å². The molecule has 2 fully saturated rings. The molecule has 0 radical (unpaired) electrons. The summed E-state index contributed by atoms with van der Waals surface area (Å²) in [6, 6.07) is 6.61. The lowest BCUT2D eigenvalue weighted by Crippen LogP contribution is -2.56. The highest BCUT2D eigenvalue weighted by molar-refractivity contribution is 7.99. The van der Waals surface area contributed by atoms with Gasteiger partial charge in [-0.15, -0.1) is 0 Å². The van der Waals surface area contributed by atoms with Crippen molar-refractivity contribution in [2.75, 3.05) is 18.4 Å². The molecule has 2 bridgehead atoms. The zero-order chi connectivity index (χ0) is 21.7. The minimum atomic E-state index is -0.642. The summed E-state index contributed by atoms with van der Waals surface area (Å²) in [7, 11) is 0. The van der Waals surface area contributed by atoms with E-state index in [1.165, 1.54) is 16.9 Å². The highest BCUT2D eigenvalue weighted by atomic mass is 32.2. The van der Waals surface area contributed by atoms with Crippen molar-refractivity contribution >= 4 is 29.2 Å². The highest BCUT2D eigenvalue weighted by Crippen LogP contribution is 2.49. The van der Waals surface area contributed by atoms with Crippen LogP contribution in [0.2, 0.25) is 0 Å². The van der Waals surface area contributed by atoms with Gasteiger partial charge in [0.1, 0.15) is 5.03 Å². The number of rotatable bonds is 4. The van der Waals surface area contributed by atoms with Gasteiger partial charge in [0.15, 0.2) is 5.82 Å². The molecule has 1 aliphatic carbocycles. The average Bonchev–Trinajstić information content (AvgIpc) is 2.75. The topological polar surface area (TPSA) is 78.4 Å². The van der Waals surface area contributed by atoms with Crippen molar-refractivity contribution in [1.29, 1.82) is 0 Å². The van der Waals surface area contributed by atoms with E-state index in [1.54, 1.807) is 24.2 Å². The van der Waals surface area contributed by atoms with Crippen LogP contribution >= 0.6 is 11.8 Å². The highest BCUT2D eigenvalue weighted by Gasteiger charge is 2.49. The molecule has 2 N–H and O–H groups in total. The molecule has 5 rings (SSSR count). The molecular weight excluding hydrogens is 408 g/mol. The fraction of sp³-hybridized carbons (Fsp3) is 0.542. The number of nitrogens with zero attached hydrogens (tertiary/aromatic N) is 3. The summed E-state index contributed by atoms with van der Waals surface area (Å²) >= 11 is 1.65. The van der Waals surface area contributed by atoms with Gasteiger partial charge in [0.05, 0.1) is 11.6 Å². The fourth-order valence-electron chi connectivity index (χ4n) is 6.16. The number of hydrogen-bond acceptors (Lipinski definition) is 6. The van der Waals surface area contributed by atoms with Crippen LogP contribution in [0.4, 0.5) is 11.5 Å². The van der Waals surface area contributed by atoms with E-state index in [1.807, 2.05) is 6.92 Å². The molecule has 1 aromatic heterocycles. The predicted molar refractivity (Wildman–Crippen MR) is 121 cm³/mol. The Morgan fingerprint density at radius 3 is 2.65 bits per heavy atom. The minimum Gasteiger partial charge on any atom is -0.481 e. The summed E-state index contributed by atoms with van der Waals surface area (Å²) in [4.78, 5) is 24.3. The van der Waals surface area contributed by atoms with Gasteiger partial charge in [-0.2, -0.15) is 0 Å². The summed E-state index contributed by atoms with van der Waals surface area (Å²) in [5, 5.41) is 14.1. The molecular formula is C24H30N4O2S. The van der Waals surface area contributed by atoms with Gasteiger partial charge in [0.25, 0.3) is 0 Å². The molecule has 3 aliphatic rings. The molecule has 5 atom stereocenters. The van der Waals surface area contributed by atoms with E-state index in [-0.39, 0.29) is 11.8 Å². The smallest absolute Gasteiger partial charge is 0.306 e. The lowest BCUT2D eigenvalue weighted by atomic mass is 9.57. The SMILES string of the molecule is CC(C(=O)O)C1C2CN(Cc3ccc4c(c3)Nc3nccnc3S4)CC1[C@H](C)C[C@H]2C. The molecule has 0 spiro atoms. The summed E-state index contributed by atoms with van der Waals surface area (Å²) in [6.45, 7) is 9.43. The fourth-order valence-corrected chi connectivity index (χ4v) is 7.04. The third-order valence-corrected chi connectivity index (χ3v) is 8.74. The Morgan fingerprint density at radius 2 is 1.94 bits per heavy atom. The van der Waals surface area contributed by atoms with Gasteiger partial charge in [0.2, 0.25) is 0 Å². The second-order valence-electron chi connectivity index (χ2n) is 9.68. The van der Waals surface area contributed by atoms with Crippen LogP contribution in [-0.4, -0.2) is 39.0 Å². The van der Waals surface area contributed by atoms with Gasteiger partial charge >= 0.3 is 5.97 Å². The molecule has 7 heteroatoms. The average molecular weight is 439 g/mol. The Bertz CT molecular complexity index is 981. The van der Waals surface area contributed by atoms with Crippen molar-refractivity contribution in [2.45, 2.75) is 43.7 Å². The van der Waals surface area contributed by atoms with Crippen molar-refractivity contribution in [3.05, 3.63) is 36.2 Å². The van der Waals surface area contributed by atoms with E-state index < -0.39 is 5.97 Å². The van der Waals surface area contributed by atoms with Gasteiger partial charge in [0, 0.05) is 36.9 Å². The lowest BCUT2D eigenvalue weighted by molar-refractivity contribution is -0.150. The number of carbonyl (C=O) groups is 1. The first-order chi connectivity index (χ1) is 14.9. The number of aromatic nitrogens is 2. The number of aliphatic carboxylic acids is 1. The van der Waals surface area contributed by atoms with Gasteiger partial charge in [-0.1, -0.05) is 38.6 Å². The molecule has 1 saturated heterocycles. The van der Waals surface area contributed by atoms with Crippen molar-refractivity contribution in [3.8, 4) is 0 Å². The Kier molecular flexibility index (Phi) is 5.42. The van der Waals surface area contributed by atoms with Gasteiger partial charge in [-0.3, -0.25) is 9.69 Å². The van der Waals surface area contributed by atoms with Crippen LogP contribution in [0.15, 0.2) is 40.5 Å². The first kappa shape index (κ1) is 20.8. The Balaban J connectivity index is 1.34. The number of carboxylic acids is 1. The molecule has 3 unspecified atom stereocenters. The second kappa shape index (κ2) is 8.10. The zero-order valence-electron chi connectivity index (χ0n) is 18.3. The van der Waals surface area contributed by atoms with E-state index in [9.17, 15) is 9.90 Å². The minimum absolute atomic E-state index is 0.270. The maximum atomic E-state index is 11.8. The van der Waals surface area contributed by atoms with Crippen molar-refractivity contribution in [2.24, 2.45) is 35.5 Å². The number of carboxylic acid groups (broad SMARTS) is 1. The number of piperidine rings is 1. The van der Waals surface area contributed by atoms with Crippen LogP contribution in [0.1, 0.15) is 32.8 Å². The molecule has 1 saturated carbocycles. The maximum absolute atomic E-state index is 11.8. The first-order valence-electron chi connectivity index (χ1n) is 11.2. The summed E-state index contributed by atoms with van der Waals surface area (Å²) in [6.07, 6.45) is 4.65. The normalized spacial score (nSPS) is 30.6. The van der Waals surface area contributed by atoms with Crippen LogP contribution in [-0.2, 0) is 11.3 Å². The second-order valence-corrected chi connectivity index (χ2v) is 10.7. The molecule has 2 aliphatic heterocycles. The zero-order valence-corrected chi connectivity index (χ0v) is 19.1. The molecule has 6 nitrogen and oxygen atoms in total. The largest absolute Gasteiger partial charge is 0.481 e. The number of nitrogens with one attached hydrogen (secondary N) is 1. The Morgan fingerprint density at radius 1 is 1.23 bits per heavy atom. The van der Waals surface area contributed by atoms with Crippen LogP contribution in [0, 0.1) is 35.5 Å². The monoisotopic (exact) mass is 438 g/mol. The summed E-state index contributed by atoms with van der Waals surface area (Å²) in [5.74, 6) is 2.23. The van der Waals surface area contributed by atoms with Gasteiger partial charge in [-0.05, 0) is 53.7 Å². The Labute approximate surface area is 187 Å². The van der Waals surface area contributed by atoms with E-state index >= 15 is 0 Å². The standard InChI is InChI=1S/C24H30N4O2S/c1-13-8-14(2)18-12-28(11-17(13)21(18)15(3)24(29)30)10-16-4-5-20-19(9-16)27-22-23(31-20)26-7-6-25-22/h4-7,9,13-15,17-18,21H,8,10-12H2,1-3H3,(H,25,27)(H,29,30)/t13-,14-,15?,17?,18?,21?/m1/s1. The van der Waals surface area contributed by atoms with Crippen molar-refractivity contribution in [1.82, 2.24) is 14.9 Å². The van der Waals surface area contributed by atoms with Gasteiger partial charge < -0.3 is 10.4 Å². The number of benzene rings is 1. The van der Waals surface area contributed by atoms with Gasteiger partial charge in [-0.25, -0.2) is 9.97 Å². The quantitative estimate of drug-likeness (QED) is 0.609. The van der Waals surface area contributed by atoms with E-state index in [0.29, 0.717) is 23.7 Å². The molecule has 1 aromatic carbocycles. The lowest BCUT2D eigenvalue weighted by Gasteiger charge is -2.54. The van der Waals surface area contributed by atoms with E-state index in [2.05, 4.69) is 52.2 Å². The number of anilines is 2. The number of hydrogen-bond donors (Lipinski definition) is 2. The third kappa shape index (κ3) is 3.82. The molecule has 164 valence electrons. The number of fused-ring (bicyclic) bond motifs is 4. The third-order valence-electron chi connectivity index (χ3n) is 7.67. The molecule has 0 amide bonds.